The first kappa shape index (κ1) is 18.2. The highest BCUT2D eigenvalue weighted by Crippen LogP contribution is 2.31. The predicted molar refractivity (Wildman–Crippen MR) is 97.6 cm³/mol. The molecule has 1 aromatic carbocycles. The second-order valence-electron chi connectivity index (χ2n) is 5.64. The maximum Gasteiger partial charge on any atom is 0.267 e. The maximum atomic E-state index is 12.1. The summed E-state index contributed by atoms with van der Waals surface area (Å²) in [4.78, 5) is 24.2. The number of carbonyl (C=O) groups excluding carboxylic acids is 1. The molecule has 140 valence electrons. The lowest BCUT2D eigenvalue weighted by molar-refractivity contribution is -0.122. The highest BCUT2D eigenvalue weighted by atomic mass is 16.5. The number of ether oxygens (including phenoxy) is 2. The molecule has 0 bridgehead atoms. The first-order valence-corrected chi connectivity index (χ1v) is 8.20. The SMILES string of the molecule is COc1ccc(-c2ccc(=O)n(CC(=O)NCc3ccco3)n2)c(OC)c1. The summed E-state index contributed by atoms with van der Waals surface area (Å²) >= 11 is 0. The van der Waals surface area contributed by atoms with Crippen molar-refractivity contribution in [2.24, 2.45) is 0 Å². The van der Waals surface area contributed by atoms with Crippen LogP contribution in [0.4, 0.5) is 0 Å². The third-order valence-electron chi connectivity index (χ3n) is 3.88. The minimum absolute atomic E-state index is 0.203. The van der Waals surface area contributed by atoms with Crippen LogP contribution < -0.4 is 20.3 Å². The van der Waals surface area contributed by atoms with Gasteiger partial charge in [-0.05, 0) is 30.3 Å². The van der Waals surface area contributed by atoms with Gasteiger partial charge in [-0.3, -0.25) is 9.59 Å². The van der Waals surface area contributed by atoms with Crippen molar-refractivity contribution >= 4 is 5.91 Å². The standard InChI is InChI=1S/C19H19N3O5/c1-25-13-5-6-15(17(10-13)26-2)16-7-8-19(24)22(21-16)12-18(23)20-11-14-4-3-9-27-14/h3-10H,11-12H2,1-2H3,(H,20,23). The number of hydrogen-bond donors (Lipinski definition) is 1. The van der Waals surface area contributed by atoms with Crippen LogP contribution in [0.25, 0.3) is 11.3 Å². The molecule has 8 heteroatoms. The lowest BCUT2D eigenvalue weighted by Crippen LogP contribution is -2.33. The Morgan fingerprint density at radius 2 is 2.04 bits per heavy atom. The second kappa shape index (κ2) is 8.22. The van der Waals surface area contributed by atoms with Gasteiger partial charge in [-0.15, -0.1) is 0 Å². The zero-order valence-electron chi connectivity index (χ0n) is 15.0. The van der Waals surface area contributed by atoms with Crippen molar-refractivity contribution in [3.8, 4) is 22.8 Å². The van der Waals surface area contributed by atoms with Gasteiger partial charge in [0, 0.05) is 17.7 Å². The number of aromatic nitrogens is 2. The Morgan fingerprint density at radius 1 is 1.19 bits per heavy atom. The van der Waals surface area contributed by atoms with Crippen LogP contribution in [-0.2, 0) is 17.9 Å². The molecule has 0 aliphatic rings. The van der Waals surface area contributed by atoms with Gasteiger partial charge >= 0.3 is 0 Å². The minimum atomic E-state index is -0.376. The van der Waals surface area contributed by atoms with Crippen LogP contribution in [0.15, 0.2) is 57.9 Å². The van der Waals surface area contributed by atoms with Crippen molar-refractivity contribution in [3.63, 3.8) is 0 Å². The summed E-state index contributed by atoms with van der Waals surface area (Å²) < 4.78 is 16.8. The molecule has 0 fully saturated rings. The van der Waals surface area contributed by atoms with Crippen molar-refractivity contribution < 1.29 is 18.7 Å². The van der Waals surface area contributed by atoms with E-state index < -0.39 is 0 Å². The molecular weight excluding hydrogens is 350 g/mol. The molecule has 2 heterocycles. The summed E-state index contributed by atoms with van der Waals surface area (Å²) in [6, 6.07) is 11.7. The molecule has 1 N–H and O–H groups in total. The average Bonchev–Trinajstić information content (AvgIpc) is 3.21. The van der Waals surface area contributed by atoms with Crippen LogP contribution >= 0.6 is 0 Å². The number of nitrogens with zero attached hydrogens (tertiary/aromatic N) is 2. The summed E-state index contributed by atoms with van der Waals surface area (Å²) in [5, 5.41) is 6.97. The van der Waals surface area contributed by atoms with E-state index in [1.807, 2.05) is 0 Å². The van der Waals surface area contributed by atoms with Gasteiger partial charge in [0.25, 0.3) is 5.56 Å². The van der Waals surface area contributed by atoms with Crippen molar-refractivity contribution in [2.45, 2.75) is 13.1 Å². The monoisotopic (exact) mass is 369 g/mol. The number of furan rings is 1. The molecule has 0 aliphatic heterocycles. The van der Waals surface area contributed by atoms with E-state index in [2.05, 4.69) is 10.4 Å². The normalized spacial score (nSPS) is 10.4. The molecule has 2 aromatic heterocycles. The molecule has 0 aliphatic carbocycles. The quantitative estimate of drug-likeness (QED) is 0.683. The van der Waals surface area contributed by atoms with Crippen LogP contribution in [0.2, 0.25) is 0 Å². The Hall–Kier alpha value is -3.55. The van der Waals surface area contributed by atoms with Crippen molar-refractivity contribution in [1.29, 1.82) is 0 Å². The van der Waals surface area contributed by atoms with Gasteiger partial charge in [0.2, 0.25) is 5.91 Å². The summed E-state index contributed by atoms with van der Waals surface area (Å²) in [6.07, 6.45) is 1.53. The van der Waals surface area contributed by atoms with Gasteiger partial charge in [-0.2, -0.15) is 5.10 Å². The molecular formula is C19H19N3O5. The molecule has 0 unspecified atom stereocenters. The molecule has 0 spiro atoms. The number of amides is 1. The topological polar surface area (TPSA) is 95.6 Å². The molecule has 27 heavy (non-hydrogen) atoms. The van der Waals surface area contributed by atoms with E-state index >= 15 is 0 Å². The largest absolute Gasteiger partial charge is 0.497 e. The van der Waals surface area contributed by atoms with Crippen LogP contribution in [0.5, 0.6) is 11.5 Å². The number of benzene rings is 1. The summed E-state index contributed by atoms with van der Waals surface area (Å²) in [7, 11) is 3.10. The molecule has 3 rings (SSSR count). The second-order valence-corrected chi connectivity index (χ2v) is 5.64. The Labute approximate surface area is 155 Å². The van der Waals surface area contributed by atoms with E-state index in [1.165, 1.54) is 19.4 Å². The number of rotatable bonds is 7. The first-order valence-electron chi connectivity index (χ1n) is 8.20. The Morgan fingerprint density at radius 3 is 2.74 bits per heavy atom. The van der Waals surface area contributed by atoms with Gasteiger partial charge in [0.15, 0.2) is 0 Å². The number of methoxy groups -OCH3 is 2. The summed E-state index contributed by atoms with van der Waals surface area (Å²) in [6.45, 7) is 0.0401. The van der Waals surface area contributed by atoms with Crippen LogP contribution in [0.3, 0.4) is 0 Å². The minimum Gasteiger partial charge on any atom is -0.497 e. The van der Waals surface area contributed by atoms with E-state index in [9.17, 15) is 9.59 Å². The smallest absolute Gasteiger partial charge is 0.267 e. The number of carbonyl (C=O) groups is 1. The van der Waals surface area contributed by atoms with Gasteiger partial charge < -0.3 is 19.2 Å². The fourth-order valence-electron chi connectivity index (χ4n) is 2.51. The molecule has 0 saturated carbocycles. The number of hydrogen-bond acceptors (Lipinski definition) is 6. The third-order valence-corrected chi connectivity index (χ3v) is 3.88. The van der Waals surface area contributed by atoms with Gasteiger partial charge in [0.05, 0.1) is 32.7 Å². The van der Waals surface area contributed by atoms with E-state index in [1.54, 1.807) is 43.5 Å². The highest BCUT2D eigenvalue weighted by molar-refractivity contribution is 5.75. The van der Waals surface area contributed by atoms with Crippen LogP contribution in [0, 0.1) is 0 Å². The highest BCUT2D eigenvalue weighted by Gasteiger charge is 2.12. The summed E-state index contributed by atoms with van der Waals surface area (Å²) in [5.74, 6) is 1.47. The lowest BCUT2D eigenvalue weighted by atomic mass is 10.1. The van der Waals surface area contributed by atoms with Gasteiger partial charge in [0.1, 0.15) is 23.8 Å². The Bertz CT molecular complexity index is 979. The van der Waals surface area contributed by atoms with Crippen molar-refractivity contribution in [3.05, 3.63) is 64.8 Å². The van der Waals surface area contributed by atoms with Crippen LogP contribution in [0.1, 0.15) is 5.76 Å². The molecule has 0 saturated heterocycles. The van der Waals surface area contributed by atoms with Crippen molar-refractivity contribution in [1.82, 2.24) is 15.1 Å². The van der Waals surface area contributed by atoms with E-state index in [4.69, 9.17) is 13.9 Å². The van der Waals surface area contributed by atoms with Crippen LogP contribution in [-0.4, -0.2) is 29.9 Å². The molecule has 3 aromatic rings. The summed E-state index contributed by atoms with van der Waals surface area (Å²) in [5.41, 5.74) is 0.815. The zero-order chi connectivity index (χ0) is 19.2. The molecule has 1 amide bonds. The van der Waals surface area contributed by atoms with Gasteiger partial charge in [-0.1, -0.05) is 0 Å². The first-order chi connectivity index (χ1) is 13.1. The third kappa shape index (κ3) is 4.35. The van der Waals surface area contributed by atoms with Crippen molar-refractivity contribution in [2.75, 3.05) is 14.2 Å². The molecule has 0 radical (unpaired) electrons. The predicted octanol–water partition coefficient (Wildman–Crippen LogP) is 1.84. The molecule has 0 atom stereocenters. The number of nitrogens with one attached hydrogen (secondary N) is 1. The Kier molecular flexibility index (Phi) is 5.55. The fourth-order valence-corrected chi connectivity index (χ4v) is 2.51. The Balaban J connectivity index is 1.80. The van der Waals surface area contributed by atoms with Gasteiger partial charge in [-0.25, -0.2) is 4.68 Å². The average molecular weight is 369 g/mol. The van der Waals surface area contributed by atoms with E-state index in [0.29, 0.717) is 28.5 Å². The fraction of sp³-hybridized carbons (Fsp3) is 0.211. The lowest BCUT2D eigenvalue weighted by Gasteiger charge is -2.11. The maximum absolute atomic E-state index is 12.1. The zero-order valence-corrected chi connectivity index (χ0v) is 15.0. The van der Waals surface area contributed by atoms with E-state index in [-0.39, 0.29) is 24.6 Å². The van der Waals surface area contributed by atoms with E-state index in [0.717, 1.165) is 4.68 Å². The molecule has 8 nitrogen and oxygen atoms in total.